The fraction of sp³-hybridized carbons (Fsp3) is 0.426. The topological polar surface area (TPSA) is 57.5 Å². The summed E-state index contributed by atoms with van der Waals surface area (Å²) in [6.45, 7) is 18.4. The van der Waals surface area contributed by atoms with Gasteiger partial charge in [0.2, 0.25) is 0 Å². The molecule has 0 bridgehead atoms. The molecular formula is C47H59N3O2. The summed E-state index contributed by atoms with van der Waals surface area (Å²) in [5.41, 5.74) is 10.7. The maximum absolute atomic E-state index is 13.4. The van der Waals surface area contributed by atoms with Crippen LogP contribution in [0.5, 0.6) is 5.75 Å². The molecule has 5 heteroatoms. The van der Waals surface area contributed by atoms with Crippen LogP contribution in [0.1, 0.15) is 110 Å². The number of rotatable bonds is 16. The number of amides is 1. The van der Waals surface area contributed by atoms with Crippen molar-refractivity contribution < 1.29 is 9.90 Å². The SMILES string of the molecule is CCCN(CCC(C)CC)CC(C)Cn1c(C)c(C)c2cc(Cc3ccc(C(=O)Nc4cc(O)c(-c5ccccc5)c(C5CCC5)c4)cc3)ccc21. The Morgan fingerprint density at radius 1 is 0.904 bits per heavy atom. The van der Waals surface area contributed by atoms with Crippen molar-refractivity contribution >= 4 is 22.5 Å². The molecule has 1 saturated carbocycles. The van der Waals surface area contributed by atoms with E-state index in [-0.39, 0.29) is 11.7 Å². The second-order valence-electron chi connectivity index (χ2n) is 15.7. The van der Waals surface area contributed by atoms with Gasteiger partial charge < -0.3 is 19.9 Å². The summed E-state index contributed by atoms with van der Waals surface area (Å²) in [6, 6.07) is 28.7. The van der Waals surface area contributed by atoms with Crippen LogP contribution in [0.15, 0.2) is 84.9 Å². The Hall–Kier alpha value is -4.35. The number of aromatic hydroxyl groups is 1. The van der Waals surface area contributed by atoms with Crippen LogP contribution < -0.4 is 5.32 Å². The number of benzene rings is 4. The fourth-order valence-corrected chi connectivity index (χ4v) is 7.96. The normalized spacial score (nSPS) is 14.4. The van der Waals surface area contributed by atoms with Crippen molar-refractivity contribution in [3.63, 3.8) is 0 Å². The van der Waals surface area contributed by atoms with Crippen LogP contribution in [0.2, 0.25) is 0 Å². The van der Waals surface area contributed by atoms with Gasteiger partial charge >= 0.3 is 0 Å². The molecule has 0 radical (unpaired) electrons. The first-order valence-electron chi connectivity index (χ1n) is 19.8. The summed E-state index contributed by atoms with van der Waals surface area (Å²) < 4.78 is 2.54. The zero-order valence-corrected chi connectivity index (χ0v) is 32.3. The second kappa shape index (κ2) is 17.0. The number of anilines is 1. The molecule has 1 amide bonds. The maximum atomic E-state index is 13.4. The van der Waals surface area contributed by atoms with Crippen molar-refractivity contribution in [2.75, 3.05) is 25.0 Å². The second-order valence-corrected chi connectivity index (χ2v) is 15.7. The van der Waals surface area contributed by atoms with Crippen LogP contribution in [-0.4, -0.2) is 40.1 Å². The fourth-order valence-electron chi connectivity index (χ4n) is 7.96. The van der Waals surface area contributed by atoms with E-state index in [4.69, 9.17) is 0 Å². The lowest BCUT2D eigenvalue weighted by atomic mass is 9.76. The van der Waals surface area contributed by atoms with Gasteiger partial charge in [0.05, 0.1) is 0 Å². The van der Waals surface area contributed by atoms with Crippen molar-refractivity contribution in [1.82, 2.24) is 9.47 Å². The lowest BCUT2D eigenvalue weighted by molar-refractivity contribution is 0.102. The van der Waals surface area contributed by atoms with Crippen molar-refractivity contribution in [2.24, 2.45) is 11.8 Å². The van der Waals surface area contributed by atoms with Crippen LogP contribution in [0.3, 0.4) is 0 Å². The Morgan fingerprint density at radius 3 is 2.31 bits per heavy atom. The highest BCUT2D eigenvalue weighted by Gasteiger charge is 2.26. The number of hydrogen-bond donors (Lipinski definition) is 2. The number of nitrogens with zero attached hydrogens (tertiary/aromatic N) is 2. The lowest BCUT2D eigenvalue weighted by Gasteiger charge is -2.29. The molecule has 0 aliphatic heterocycles. The summed E-state index contributed by atoms with van der Waals surface area (Å²) in [5, 5.41) is 15.5. The van der Waals surface area contributed by atoms with E-state index in [1.807, 2.05) is 42.5 Å². The van der Waals surface area contributed by atoms with Crippen LogP contribution in [0.25, 0.3) is 22.0 Å². The van der Waals surface area contributed by atoms with Crippen LogP contribution >= 0.6 is 0 Å². The van der Waals surface area contributed by atoms with Crippen molar-refractivity contribution in [2.45, 2.75) is 99.0 Å². The average Bonchev–Trinajstić information content (AvgIpc) is 3.34. The molecule has 2 atom stereocenters. The Kier molecular flexibility index (Phi) is 12.2. The molecule has 2 unspecified atom stereocenters. The number of phenols is 1. The Morgan fingerprint density at radius 2 is 1.63 bits per heavy atom. The first kappa shape index (κ1) is 37.4. The zero-order valence-electron chi connectivity index (χ0n) is 32.3. The van der Waals surface area contributed by atoms with Gasteiger partial charge in [-0.05, 0) is 135 Å². The van der Waals surface area contributed by atoms with Crippen molar-refractivity contribution in [3.8, 4) is 16.9 Å². The summed E-state index contributed by atoms with van der Waals surface area (Å²) in [7, 11) is 0. The molecule has 1 fully saturated rings. The first-order chi connectivity index (χ1) is 25.1. The third-order valence-corrected chi connectivity index (χ3v) is 11.6. The Bertz CT molecular complexity index is 1960. The molecule has 1 aromatic heterocycles. The van der Waals surface area contributed by atoms with E-state index in [9.17, 15) is 9.90 Å². The standard InChI is InChI=1S/C47H59N3O2/c1-7-24-49(25-23-32(3)8-2)30-33(4)31-50-35(6)34(5)42-27-37(19-22-44(42)50)26-36-17-20-40(21-18-36)47(52)48-41-28-43(38-15-12-16-38)46(45(51)29-41)39-13-10-9-11-14-39/h9-11,13-14,17-22,27-29,32-33,38,51H,7-8,12,15-16,23-26,30-31H2,1-6H3,(H,48,52). The minimum absolute atomic E-state index is 0.172. The molecule has 4 aromatic carbocycles. The van der Waals surface area contributed by atoms with Gasteiger partial charge in [-0.1, -0.05) is 89.1 Å². The number of aromatic nitrogens is 1. The third-order valence-electron chi connectivity index (χ3n) is 11.6. The van der Waals surface area contributed by atoms with Crippen LogP contribution in [0.4, 0.5) is 5.69 Å². The summed E-state index contributed by atoms with van der Waals surface area (Å²) >= 11 is 0. The van der Waals surface area contributed by atoms with Gasteiger partial charge in [-0.3, -0.25) is 4.79 Å². The monoisotopic (exact) mass is 697 g/mol. The van der Waals surface area contributed by atoms with Gasteiger partial charge in [-0.2, -0.15) is 0 Å². The van der Waals surface area contributed by atoms with Gasteiger partial charge in [0.25, 0.3) is 5.91 Å². The highest BCUT2D eigenvalue weighted by Crippen LogP contribution is 2.46. The first-order valence-corrected chi connectivity index (χ1v) is 19.8. The molecule has 5 aromatic rings. The minimum Gasteiger partial charge on any atom is -0.507 e. The number of aryl methyl sites for hydroxylation is 1. The van der Waals surface area contributed by atoms with Gasteiger partial charge in [0.15, 0.2) is 0 Å². The molecule has 0 saturated heterocycles. The minimum atomic E-state index is -0.172. The molecule has 1 heterocycles. The molecule has 1 aliphatic rings. The summed E-state index contributed by atoms with van der Waals surface area (Å²) in [6.07, 6.45) is 7.94. The van der Waals surface area contributed by atoms with E-state index >= 15 is 0 Å². The van der Waals surface area contributed by atoms with Crippen molar-refractivity contribution in [1.29, 1.82) is 0 Å². The van der Waals surface area contributed by atoms with Crippen LogP contribution in [0, 0.1) is 25.7 Å². The van der Waals surface area contributed by atoms with Crippen LogP contribution in [-0.2, 0) is 13.0 Å². The molecule has 2 N–H and O–H groups in total. The van der Waals surface area contributed by atoms with E-state index in [0.717, 1.165) is 55.0 Å². The molecular weight excluding hydrogens is 639 g/mol. The number of hydrogen-bond acceptors (Lipinski definition) is 3. The Balaban J connectivity index is 1.12. The van der Waals surface area contributed by atoms with Gasteiger partial charge in [-0.25, -0.2) is 0 Å². The number of carbonyl (C=O) groups excluding carboxylic acids is 1. The van der Waals surface area contributed by atoms with E-state index in [1.54, 1.807) is 6.07 Å². The number of nitrogens with one attached hydrogen (secondary N) is 1. The Labute approximate surface area is 312 Å². The summed E-state index contributed by atoms with van der Waals surface area (Å²) in [5.74, 6) is 1.79. The highest BCUT2D eigenvalue weighted by atomic mass is 16.3. The molecule has 274 valence electrons. The average molecular weight is 698 g/mol. The lowest BCUT2D eigenvalue weighted by Crippen LogP contribution is -2.32. The third kappa shape index (κ3) is 8.64. The number of fused-ring (bicyclic) bond motifs is 1. The smallest absolute Gasteiger partial charge is 0.255 e. The van der Waals surface area contributed by atoms with Gasteiger partial charge in [-0.15, -0.1) is 0 Å². The largest absolute Gasteiger partial charge is 0.507 e. The highest BCUT2D eigenvalue weighted by molar-refractivity contribution is 6.04. The quantitative estimate of drug-likeness (QED) is 0.108. The molecule has 5 nitrogen and oxygen atoms in total. The zero-order chi connectivity index (χ0) is 36.8. The molecule has 6 rings (SSSR count). The van der Waals surface area contributed by atoms with E-state index in [2.05, 4.69) is 92.7 Å². The van der Waals surface area contributed by atoms with E-state index in [1.165, 1.54) is 72.1 Å². The number of carbonyl (C=O) groups is 1. The number of phenolic OH excluding ortho intramolecular Hbond substituents is 1. The van der Waals surface area contributed by atoms with E-state index < -0.39 is 0 Å². The summed E-state index contributed by atoms with van der Waals surface area (Å²) in [4.78, 5) is 16.1. The molecule has 52 heavy (non-hydrogen) atoms. The van der Waals surface area contributed by atoms with E-state index in [0.29, 0.717) is 23.1 Å². The molecule has 0 spiro atoms. The predicted octanol–water partition coefficient (Wildman–Crippen LogP) is 11.5. The maximum Gasteiger partial charge on any atom is 0.255 e. The predicted molar refractivity (Wildman–Crippen MR) is 219 cm³/mol. The van der Waals surface area contributed by atoms with Gasteiger partial charge in [0.1, 0.15) is 5.75 Å². The van der Waals surface area contributed by atoms with Gasteiger partial charge in [0, 0.05) is 52.6 Å². The van der Waals surface area contributed by atoms with Crippen molar-refractivity contribution in [3.05, 3.63) is 118 Å². The molecule has 1 aliphatic carbocycles.